The Bertz CT molecular complexity index is 988. The molecule has 3 aromatic rings. The van der Waals surface area contributed by atoms with Crippen molar-refractivity contribution in [3.8, 4) is 5.75 Å². The van der Waals surface area contributed by atoms with Gasteiger partial charge in [-0.3, -0.25) is 4.79 Å². The van der Waals surface area contributed by atoms with Crippen LogP contribution in [0.5, 0.6) is 5.75 Å². The molecular weight excluding hydrogens is 394 g/mol. The van der Waals surface area contributed by atoms with Gasteiger partial charge in [0.15, 0.2) is 13.2 Å². The molecule has 0 atom stereocenters. The van der Waals surface area contributed by atoms with Gasteiger partial charge in [0.1, 0.15) is 5.75 Å². The van der Waals surface area contributed by atoms with Crippen molar-refractivity contribution in [1.82, 2.24) is 0 Å². The van der Waals surface area contributed by atoms with E-state index in [-0.39, 0.29) is 13.2 Å². The van der Waals surface area contributed by atoms with Gasteiger partial charge in [-0.2, -0.15) is 0 Å². The van der Waals surface area contributed by atoms with Crippen molar-refractivity contribution in [1.29, 1.82) is 0 Å². The number of hydrogen-bond acceptors (Lipinski definition) is 6. The van der Waals surface area contributed by atoms with Gasteiger partial charge in [0, 0.05) is 36.8 Å². The molecular formula is C24H25N3O4. The van der Waals surface area contributed by atoms with E-state index in [0.717, 1.165) is 17.1 Å². The van der Waals surface area contributed by atoms with Crippen LogP contribution in [0.3, 0.4) is 0 Å². The van der Waals surface area contributed by atoms with Crippen LogP contribution < -0.4 is 20.3 Å². The van der Waals surface area contributed by atoms with E-state index in [4.69, 9.17) is 9.47 Å². The standard InChI is InChI=1S/C24H25N3O4/c1-27(2)21-12-8-20(9-13-21)26-23(28)16-31-24(29)17-30-22-14-10-19(11-15-22)25-18-6-4-3-5-7-18/h3-15,25H,16-17H2,1-2H3,(H,26,28). The lowest BCUT2D eigenvalue weighted by molar-refractivity contribution is -0.149. The number of para-hydroxylation sites is 1. The molecule has 0 saturated heterocycles. The number of amides is 1. The molecule has 0 radical (unpaired) electrons. The third-order valence-corrected chi connectivity index (χ3v) is 4.31. The Kier molecular flexibility index (Phi) is 7.48. The lowest BCUT2D eigenvalue weighted by atomic mass is 10.2. The summed E-state index contributed by atoms with van der Waals surface area (Å²) in [4.78, 5) is 25.8. The van der Waals surface area contributed by atoms with Crippen molar-refractivity contribution in [2.75, 3.05) is 42.8 Å². The predicted octanol–water partition coefficient (Wildman–Crippen LogP) is 4.06. The number of carbonyl (C=O) groups excluding carboxylic acids is 2. The van der Waals surface area contributed by atoms with Crippen LogP contribution in [0.1, 0.15) is 0 Å². The summed E-state index contributed by atoms with van der Waals surface area (Å²) >= 11 is 0. The number of nitrogens with one attached hydrogen (secondary N) is 2. The van der Waals surface area contributed by atoms with E-state index in [0.29, 0.717) is 11.4 Å². The minimum atomic E-state index is -0.621. The number of benzene rings is 3. The Morgan fingerprint density at radius 3 is 2.03 bits per heavy atom. The van der Waals surface area contributed by atoms with Crippen molar-refractivity contribution in [2.24, 2.45) is 0 Å². The van der Waals surface area contributed by atoms with Crippen molar-refractivity contribution in [3.63, 3.8) is 0 Å². The molecule has 0 fully saturated rings. The topological polar surface area (TPSA) is 79.9 Å². The third-order valence-electron chi connectivity index (χ3n) is 4.31. The summed E-state index contributed by atoms with van der Waals surface area (Å²) < 4.78 is 10.4. The lowest BCUT2D eigenvalue weighted by Crippen LogP contribution is -2.23. The molecule has 0 heterocycles. The van der Waals surface area contributed by atoms with E-state index in [9.17, 15) is 9.59 Å². The molecule has 2 N–H and O–H groups in total. The van der Waals surface area contributed by atoms with Gasteiger partial charge < -0.3 is 25.0 Å². The molecule has 3 rings (SSSR count). The van der Waals surface area contributed by atoms with Crippen LogP contribution in [0, 0.1) is 0 Å². The van der Waals surface area contributed by atoms with Crippen LogP contribution in [0.4, 0.5) is 22.7 Å². The number of anilines is 4. The number of ether oxygens (including phenoxy) is 2. The summed E-state index contributed by atoms with van der Waals surface area (Å²) in [6.45, 7) is -0.659. The van der Waals surface area contributed by atoms with Crippen LogP contribution in [0.15, 0.2) is 78.9 Å². The number of rotatable bonds is 9. The third kappa shape index (κ3) is 7.08. The van der Waals surface area contributed by atoms with Crippen molar-refractivity contribution >= 4 is 34.6 Å². The number of esters is 1. The Labute approximate surface area is 181 Å². The molecule has 0 spiro atoms. The smallest absolute Gasteiger partial charge is 0.344 e. The highest BCUT2D eigenvalue weighted by Gasteiger charge is 2.09. The Morgan fingerprint density at radius 1 is 0.774 bits per heavy atom. The minimum Gasteiger partial charge on any atom is -0.482 e. The van der Waals surface area contributed by atoms with Gasteiger partial charge in [0.2, 0.25) is 0 Å². The van der Waals surface area contributed by atoms with Crippen LogP contribution in [0.2, 0.25) is 0 Å². The summed E-state index contributed by atoms with van der Waals surface area (Å²) in [5.41, 5.74) is 3.53. The zero-order valence-electron chi connectivity index (χ0n) is 17.5. The van der Waals surface area contributed by atoms with Crippen molar-refractivity contribution < 1.29 is 19.1 Å². The van der Waals surface area contributed by atoms with E-state index in [2.05, 4.69) is 10.6 Å². The molecule has 0 aliphatic heterocycles. The molecule has 0 aromatic heterocycles. The van der Waals surface area contributed by atoms with Gasteiger partial charge in [-0.05, 0) is 60.7 Å². The highest BCUT2D eigenvalue weighted by atomic mass is 16.6. The maximum atomic E-state index is 12.0. The van der Waals surface area contributed by atoms with Crippen molar-refractivity contribution in [2.45, 2.75) is 0 Å². The zero-order chi connectivity index (χ0) is 22.1. The van der Waals surface area contributed by atoms with Crippen LogP contribution in [-0.4, -0.2) is 39.2 Å². The average molecular weight is 419 g/mol. The van der Waals surface area contributed by atoms with Gasteiger partial charge >= 0.3 is 5.97 Å². The Balaban J connectivity index is 1.38. The summed E-state index contributed by atoms with van der Waals surface area (Å²) in [5, 5.41) is 5.94. The van der Waals surface area contributed by atoms with E-state index in [1.165, 1.54) is 0 Å². The van der Waals surface area contributed by atoms with Gasteiger partial charge in [-0.1, -0.05) is 18.2 Å². The highest BCUT2D eigenvalue weighted by molar-refractivity contribution is 5.93. The quantitative estimate of drug-likeness (QED) is 0.509. The Hall–Kier alpha value is -4.00. The second kappa shape index (κ2) is 10.7. The second-order valence-electron chi connectivity index (χ2n) is 6.95. The molecule has 0 unspecified atom stereocenters. The normalized spacial score (nSPS) is 10.1. The van der Waals surface area contributed by atoms with Crippen LogP contribution in [-0.2, 0) is 14.3 Å². The van der Waals surface area contributed by atoms with Gasteiger partial charge in [0.05, 0.1) is 0 Å². The fraction of sp³-hybridized carbons (Fsp3) is 0.167. The number of nitrogens with zero attached hydrogens (tertiary/aromatic N) is 1. The van der Waals surface area contributed by atoms with E-state index < -0.39 is 11.9 Å². The fourth-order valence-corrected chi connectivity index (χ4v) is 2.69. The molecule has 3 aromatic carbocycles. The molecule has 0 aliphatic carbocycles. The summed E-state index contributed by atoms with van der Waals surface area (Å²) in [7, 11) is 3.87. The molecule has 31 heavy (non-hydrogen) atoms. The molecule has 0 bridgehead atoms. The van der Waals surface area contributed by atoms with E-state index in [1.54, 1.807) is 24.3 Å². The largest absolute Gasteiger partial charge is 0.482 e. The minimum absolute atomic E-state index is 0.281. The van der Waals surface area contributed by atoms with Gasteiger partial charge in [-0.25, -0.2) is 4.79 Å². The number of carbonyl (C=O) groups is 2. The van der Waals surface area contributed by atoms with E-state index >= 15 is 0 Å². The first kappa shape index (κ1) is 21.7. The molecule has 160 valence electrons. The summed E-state index contributed by atoms with van der Waals surface area (Å²) in [6, 6.07) is 24.3. The zero-order valence-corrected chi connectivity index (χ0v) is 17.5. The van der Waals surface area contributed by atoms with Crippen LogP contribution >= 0.6 is 0 Å². The van der Waals surface area contributed by atoms with Gasteiger partial charge in [-0.15, -0.1) is 0 Å². The molecule has 7 nitrogen and oxygen atoms in total. The maximum absolute atomic E-state index is 12.0. The van der Waals surface area contributed by atoms with Gasteiger partial charge in [0.25, 0.3) is 5.91 Å². The van der Waals surface area contributed by atoms with Crippen molar-refractivity contribution in [3.05, 3.63) is 78.9 Å². The number of hydrogen-bond donors (Lipinski definition) is 2. The SMILES string of the molecule is CN(C)c1ccc(NC(=O)COC(=O)COc2ccc(Nc3ccccc3)cc2)cc1. The van der Waals surface area contributed by atoms with Crippen LogP contribution in [0.25, 0.3) is 0 Å². The molecule has 7 heteroatoms. The highest BCUT2D eigenvalue weighted by Crippen LogP contribution is 2.20. The first-order valence-corrected chi connectivity index (χ1v) is 9.77. The average Bonchev–Trinajstić information content (AvgIpc) is 2.78. The monoisotopic (exact) mass is 419 g/mol. The predicted molar refractivity (Wildman–Crippen MR) is 122 cm³/mol. The first-order valence-electron chi connectivity index (χ1n) is 9.77. The first-order chi connectivity index (χ1) is 15.0. The summed E-state index contributed by atoms with van der Waals surface area (Å²) in [5.74, 6) is -0.507. The fourth-order valence-electron chi connectivity index (χ4n) is 2.69. The molecule has 1 amide bonds. The summed E-state index contributed by atoms with van der Waals surface area (Å²) in [6.07, 6.45) is 0. The molecule has 0 saturated carbocycles. The van der Waals surface area contributed by atoms with E-state index in [1.807, 2.05) is 73.6 Å². The second-order valence-corrected chi connectivity index (χ2v) is 6.95. The molecule has 0 aliphatic rings. The maximum Gasteiger partial charge on any atom is 0.344 e. The lowest BCUT2D eigenvalue weighted by Gasteiger charge is -2.13. The Morgan fingerprint density at radius 2 is 1.39 bits per heavy atom.